The van der Waals surface area contributed by atoms with Crippen LogP contribution in [0.3, 0.4) is 0 Å². The number of imide groups is 1. The summed E-state index contributed by atoms with van der Waals surface area (Å²) in [6, 6.07) is 4.30. The summed E-state index contributed by atoms with van der Waals surface area (Å²) in [5, 5.41) is 7.78. The molecule has 0 bridgehead atoms. The maximum Gasteiger partial charge on any atom is 0.319 e. The van der Waals surface area contributed by atoms with Gasteiger partial charge in [-0.05, 0) is 31.5 Å². The molecule has 35 heavy (non-hydrogen) atoms. The molecular formula is C24H23ClF2N4O4. The monoisotopic (exact) mass is 504 g/mol. The van der Waals surface area contributed by atoms with Gasteiger partial charge in [-0.1, -0.05) is 11.6 Å². The molecule has 3 atom stereocenters. The number of carbonyl (C=O) groups excluding carboxylic acids is 3. The van der Waals surface area contributed by atoms with Crippen LogP contribution in [0.15, 0.2) is 24.3 Å². The van der Waals surface area contributed by atoms with Crippen molar-refractivity contribution in [1.29, 1.82) is 0 Å². The van der Waals surface area contributed by atoms with Crippen molar-refractivity contribution in [3.8, 4) is 5.75 Å². The molecule has 2 saturated heterocycles. The Kier molecular flexibility index (Phi) is 6.00. The van der Waals surface area contributed by atoms with E-state index in [-0.39, 0.29) is 41.5 Å². The van der Waals surface area contributed by atoms with E-state index in [0.717, 1.165) is 6.07 Å². The first kappa shape index (κ1) is 23.3. The van der Waals surface area contributed by atoms with Gasteiger partial charge in [0.2, 0.25) is 11.8 Å². The zero-order valence-corrected chi connectivity index (χ0v) is 19.5. The Morgan fingerprint density at radius 2 is 2.00 bits per heavy atom. The van der Waals surface area contributed by atoms with Gasteiger partial charge in [0.1, 0.15) is 17.4 Å². The number of ether oxygens (including phenoxy) is 1. The number of piperidine rings is 1. The van der Waals surface area contributed by atoms with Crippen molar-refractivity contribution in [2.24, 2.45) is 0 Å². The first-order chi connectivity index (χ1) is 16.7. The standard InChI is InChI=1S/C24H23ClF2N4O4/c1-11-18(29-24(34)28-17-4-2-12(25)8-15(17)26)10-31(11)19-9-16(27)21(13-6-7-35-22(13)19)14-3-5-20(32)30-23(14)33/h2,4,8-9,11,14,18H,3,5-7,10H2,1H3,(H2,28,29,34)(H,30,32,33)/t11-,14?,18-/m0/s1. The van der Waals surface area contributed by atoms with Gasteiger partial charge in [-0.15, -0.1) is 0 Å². The zero-order chi connectivity index (χ0) is 24.9. The number of benzene rings is 2. The molecule has 0 saturated carbocycles. The number of carbonyl (C=O) groups is 3. The highest BCUT2D eigenvalue weighted by Crippen LogP contribution is 2.46. The molecule has 184 valence electrons. The van der Waals surface area contributed by atoms with Crippen molar-refractivity contribution in [3.05, 3.63) is 52.0 Å². The highest BCUT2D eigenvalue weighted by molar-refractivity contribution is 6.30. The van der Waals surface area contributed by atoms with Crippen molar-refractivity contribution >= 4 is 40.8 Å². The summed E-state index contributed by atoms with van der Waals surface area (Å²) in [5.41, 5.74) is 1.50. The molecule has 3 heterocycles. The lowest BCUT2D eigenvalue weighted by Crippen LogP contribution is -2.66. The van der Waals surface area contributed by atoms with Gasteiger partial charge in [-0.2, -0.15) is 0 Å². The van der Waals surface area contributed by atoms with Crippen LogP contribution in [-0.2, 0) is 16.0 Å². The van der Waals surface area contributed by atoms with Crippen LogP contribution < -0.4 is 25.6 Å². The van der Waals surface area contributed by atoms with E-state index >= 15 is 4.39 Å². The Morgan fingerprint density at radius 1 is 1.20 bits per heavy atom. The highest BCUT2D eigenvalue weighted by Gasteiger charge is 2.41. The van der Waals surface area contributed by atoms with Gasteiger partial charge in [0, 0.05) is 47.6 Å². The number of fused-ring (bicyclic) bond motifs is 1. The molecule has 0 spiro atoms. The summed E-state index contributed by atoms with van der Waals surface area (Å²) in [6.45, 7) is 2.64. The summed E-state index contributed by atoms with van der Waals surface area (Å²) >= 11 is 5.74. The van der Waals surface area contributed by atoms with E-state index < -0.39 is 29.5 Å². The van der Waals surface area contributed by atoms with Gasteiger partial charge in [0.25, 0.3) is 0 Å². The summed E-state index contributed by atoms with van der Waals surface area (Å²) in [4.78, 5) is 38.2. The summed E-state index contributed by atoms with van der Waals surface area (Å²) in [5.74, 6) is -2.21. The normalized spacial score (nSPS) is 23.2. The molecule has 11 heteroatoms. The number of hydrogen-bond donors (Lipinski definition) is 3. The fraction of sp³-hybridized carbons (Fsp3) is 0.375. The van der Waals surface area contributed by atoms with E-state index in [2.05, 4.69) is 16.0 Å². The van der Waals surface area contributed by atoms with Crippen LogP contribution in [-0.4, -0.2) is 43.1 Å². The summed E-state index contributed by atoms with van der Waals surface area (Å²) in [6.07, 6.45) is 0.876. The topological polar surface area (TPSA) is 99.8 Å². The minimum atomic E-state index is -0.739. The molecule has 0 aliphatic carbocycles. The number of urea groups is 1. The molecule has 4 amide bonds. The number of hydrogen-bond acceptors (Lipinski definition) is 5. The van der Waals surface area contributed by atoms with Crippen LogP contribution in [0.4, 0.5) is 25.0 Å². The predicted molar refractivity (Wildman–Crippen MR) is 125 cm³/mol. The molecule has 0 radical (unpaired) electrons. The average Bonchev–Trinajstić information content (AvgIpc) is 3.28. The van der Waals surface area contributed by atoms with E-state index in [1.807, 2.05) is 11.8 Å². The number of halogens is 3. The Hall–Kier alpha value is -3.40. The predicted octanol–water partition coefficient (Wildman–Crippen LogP) is 3.47. The molecule has 3 N–H and O–H groups in total. The van der Waals surface area contributed by atoms with Crippen LogP contribution in [0, 0.1) is 11.6 Å². The lowest BCUT2D eigenvalue weighted by molar-refractivity contribution is -0.134. The number of amides is 4. The zero-order valence-electron chi connectivity index (χ0n) is 18.8. The van der Waals surface area contributed by atoms with Crippen molar-refractivity contribution in [1.82, 2.24) is 10.6 Å². The van der Waals surface area contributed by atoms with Crippen molar-refractivity contribution in [3.63, 3.8) is 0 Å². The Morgan fingerprint density at radius 3 is 2.71 bits per heavy atom. The number of rotatable bonds is 4. The molecule has 2 aromatic carbocycles. The maximum absolute atomic E-state index is 15.4. The van der Waals surface area contributed by atoms with Gasteiger partial charge < -0.3 is 20.3 Å². The first-order valence-corrected chi connectivity index (χ1v) is 11.7. The third kappa shape index (κ3) is 4.27. The second-order valence-corrected chi connectivity index (χ2v) is 9.36. The van der Waals surface area contributed by atoms with E-state index in [1.54, 1.807) is 0 Å². The second kappa shape index (κ2) is 8.99. The second-order valence-electron chi connectivity index (χ2n) is 8.92. The summed E-state index contributed by atoms with van der Waals surface area (Å²) < 4.78 is 35.1. The van der Waals surface area contributed by atoms with Crippen molar-refractivity contribution < 1.29 is 27.9 Å². The van der Waals surface area contributed by atoms with E-state index in [0.29, 0.717) is 42.1 Å². The molecule has 1 unspecified atom stereocenters. The van der Waals surface area contributed by atoms with Gasteiger partial charge in [0.15, 0.2) is 0 Å². The minimum Gasteiger partial charge on any atom is -0.491 e. The van der Waals surface area contributed by atoms with Gasteiger partial charge in [0.05, 0.1) is 29.9 Å². The lowest BCUT2D eigenvalue weighted by Gasteiger charge is -2.48. The molecule has 0 aromatic heterocycles. The molecule has 3 aliphatic heterocycles. The molecule has 5 rings (SSSR count). The first-order valence-electron chi connectivity index (χ1n) is 11.3. The van der Waals surface area contributed by atoms with E-state index in [9.17, 15) is 18.8 Å². The van der Waals surface area contributed by atoms with Crippen LogP contribution >= 0.6 is 11.6 Å². The van der Waals surface area contributed by atoms with Crippen molar-refractivity contribution in [2.75, 3.05) is 23.4 Å². The molecule has 2 aromatic rings. The van der Waals surface area contributed by atoms with Crippen LogP contribution in [0.25, 0.3) is 0 Å². The quantitative estimate of drug-likeness (QED) is 0.554. The van der Waals surface area contributed by atoms with E-state index in [4.69, 9.17) is 16.3 Å². The van der Waals surface area contributed by atoms with Crippen LogP contribution in [0.1, 0.15) is 36.8 Å². The molecular weight excluding hydrogens is 482 g/mol. The smallest absolute Gasteiger partial charge is 0.319 e. The summed E-state index contributed by atoms with van der Waals surface area (Å²) in [7, 11) is 0. The van der Waals surface area contributed by atoms with Crippen molar-refractivity contribution in [2.45, 2.75) is 44.2 Å². The third-order valence-electron chi connectivity index (χ3n) is 6.81. The van der Waals surface area contributed by atoms with Gasteiger partial charge in [-0.3, -0.25) is 14.9 Å². The SMILES string of the molecule is C[C@H]1[C@@H](NC(=O)Nc2ccc(Cl)cc2F)CN1c1cc(F)c(C2CCC(=O)NC2=O)c2c1OCC2. The van der Waals surface area contributed by atoms with Gasteiger partial charge in [-0.25, -0.2) is 13.6 Å². The number of nitrogens with one attached hydrogen (secondary N) is 3. The van der Waals surface area contributed by atoms with Crippen LogP contribution in [0.2, 0.25) is 5.02 Å². The lowest BCUT2D eigenvalue weighted by atomic mass is 9.85. The third-order valence-corrected chi connectivity index (χ3v) is 7.05. The molecule has 3 aliphatic rings. The largest absolute Gasteiger partial charge is 0.491 e. The Bertz CT molecular complexity index is 1240. The average molecular weight is 505 g/mol. The minimum absolute atomic E-state index is 0.00746. The number of nitrogens with zero attached hydrogens (tertiary/aromatic N) is 1. The molecule has 2 fully saturated rings. The molecule has 8 nitrogen and oxygen atoms in total. The fourth-order valence-electron chi connectivity index (χ4n) is 4.92. The van der Waals surface area contributed by atoms with Gasteiger partial charge >= 0.3 is 6.03 Å². The Labute approximate surface area is 204 Å². The maximum atomic E-state index is 15.4. The van der Waals surface area contributed by atoms with E-state index in [1.165, 1.54) is 18.2 Å². The van der Waals surface area contributed by atoms with Crippen LogP contribution in [0.5, 0.6) is 5.75 Å². The number of anilines is 2. The fourth-order valence-corrected chi connectivity index (χ4v) is 5.08. The highest BCUT2D eigenvalue weighted by atomic mass is 35.5. The Balaban J connectivity index is 1.30.